The van der Waals surface area contributed by atoms with Crippen LogP contribution >= 0.6 is 0 Å². The largest absolute Gasteiger partial charge is 0.388 e. The lowest BCUT2D eigenvalue weighted by molar-refractivity contribution is 0.0561. The Morgan fingerprint density at radius 2 is 2.04 bits per heavy atom. The summed E-state index contributed by atoms with van der Waals surface area (Å²) >= 11 is 0. The number of nitrogens with zero attached hydrogens (tertiary/aromatic N) is 2. The maximum Gasteiger partial charge on any atom is 0.162 e. The molecule has 1 aromatic carbocycles. The molecule has 1 unspecified atom stereocenters. The molecule has 5 heteroatoms. The molecule has 2 heterocycles. The average molecular weight is 316 g/mol. The van der Waals surface area contributed by atoms with Crippen molar-refractivity contribution in [1.82, 2.24) is 10.1 Å². The van der Waals surface area contributed by atoms with Crippen LogP contribution in [0.5, 0.6) is 0 Å². The van der Waals surface area contributed by atoms with E-state index in [4.69, 9.17) is 9.26 Å². The predicted molar refractivity (Wildman–Crippen MR) is 86.6 cm³/mol. The fourth-order valence-corrected chi connectivity index (χ4v) is 3.22. The van der Waals surface area contributed by atoms with E-state index in [1.54, 1.807) is 7.11 Å². The lowest BCUT2D eigenvalue weighted by atomic mass is 9.87. The molecule has 5 nitrogen and oxygen atoms in total. The van der Waals surface area contributed by atoms with Crippen molar-refractivity contribution in [3.8, 4) is 0 Å². The van der Waals surface area contributed by atoms with Gasteiger partial charge in [0.2, 0.25) is 0 Å². The lowest BCUT2D eigenvalue weighted by Gasteiger charge is -2.33. The van der Waals surface area contributed by atoms with Crippen LogP contribution in [-0.4, -0.2) is 35.4 Å². The summed E-state index contributed by atoms with van der Waals surface area (Å²) in [5, 5.41) is 14.6. The zero-order valence-electron chi connectivity index (χ0n) is 13.5. The number of ether oxygens (including phenoxy) is 1. The van der Waals surface area contributed by atoms with Crippen molar-refractivity contribution in [2.24, 2.45) is 5.92 Å². The van der Waals surface area contributed by atoms with E-state index in [-0.39, 0.29) is 6.10 Å². The number of aromatic nitrogens is 1. The molecule has 1 fully saturated rings. The number of hydrogen-bond acceptors (Lipinski definition) is 5. The van der Waals surface area contributed by atoms with Crippen molar-refractivity contribution in [3.05, 3.63) is 53.4 Å². The second-order valence-corrected chi connectivity index (χ2v) is 6.19. The Morgan fingerprint density at radius 1 is 1.30 bits per heavy atom. The highest BCUT2D eigenvalue weighted by molar-refractivity contribution is 5.18. The van der Waals surface area contributed by atoms with Crippen molar-refractivity contribution < 1.29 is 14.4 Å². The molecule has 1 aliphatic rings. The molecule has 0 amide bonds. The average Bonchev–Trinajstić information content (AvgIpc) is 3.03. The summed E-state index contributed by atoms with van der Waals surface area (Å²) in [6.45, 7) is 3.20. The van der Waals surface area contributed by atoms with Crippen LogP contribution in [0.25, 0.3) is 0 Å². The Hall–Kier alpha value is -1.69. The molecule has 0 aliphatic carbocycles. The van der Waals surface area contributed by atoms with Crippen LogP contribution in [0.15, 0.2) is 40.9 Å². The molecule has 0 saturated carbocycles. The molecule has 1 aromatic heterocycles. The Bertz CT molecular complexity index is 591. The molecule has 1 aliphatic heterocycles. The second kappa shape index (κ2) is 7.73. The Kier molecular flexibility index (Phi) is 5.43. The van der Waals surface area contributed by atoms with Gasteiger partial charge >= 0.3 is 0 Å². The SMILES string of the molecule is COCc1cc(CN2CCC(C(O)c3ccccc3)CC2)no1. The van der Waals surface area contributed by atoms with Gasteiger partial charge in [0.05, 0.1) is 11.8 Å². The molecule has 124 valence electrons. The van der Waals surface area contributed by atoms with Gasteiger partial charge in [-0.05, 0) is 37.4 Å². The number of methoxy groups -OCH3 is 1. The van der Waals surface area contributed by atoms with E-state index in [2.05, 4.69) is 10.1 Å². The van der Waals surface area contributed by atoms with Gasteiger partial charge in [0.1, 0.15) is 6.61 Å². The molecule has 2 aromatic rings. The first-order valence-corrected chi connectivity index (χ1v) is 8.15. The van der Waals surface area contributed by atoms with E-state index in [9.17, 15) is 5.11 Å². The first-order valence-electron chi connectivity index (χ1n) is 8.15. The maximum atomic E-state index is 10.5. The summed E-state index contributed by atoms with van der Waals surface area (Å²) in [5.41, 5.74) is 1.96. The van der Waals surface area contributed by atoms with Gasteiger partial charge in [-0.1, -0.05) is 35.5 Å². The van der Waals surface area contributed by atoms with Gasteiger partial charge in [0.15, 0.2) is 5.76 Å². The molecule has 1 atom stereocenters. The summed E-state index contributed by atoms with van der Waals surface area (Å²) in [7, 11) is 1.64. The van der Waals surface area contributed by atoms with E-state index in [0.29, 0.717) is 12.5 Å². The maximum absolute atomic E-state index is 10.5. The Morgan fingerprint density at radius 3 is 2.74 bits per heavy atom. The zero-order chi connectivity index (χ0) is 16.1. The summed E-state index contributed by atoms with van der Waals surface area (Å²) in [6.07, 6.45) is 1.64. The highest BCUT2D eigenvalue weighted by Crippen LogP contribution is 2.30. The molecule has 23 heavy (non-hydrogen) atoms. The predicted octanol–water partition coefficient (Wildman–Crippen LogP) is 2.77. The topological polar surface area (TPSA) is 58.7 Å². The van der Waals surface area contributed by atoms with Gasteiger partial charge in [-0.3, -0.25) is 4.90 Å². The van der Waals surface area contributed by atoms with Crippen molar-refractivity contribution in [2.75, 3.05) is 20.2 Å². The van der Waals surface area contributed by atoms with Crippen LogP contribution < -0.4 is 0 Å². The highest BCUT2D eigenvalue weighted by atomic mass is 16.5. The number of rotatable bonds is 6. The molecule has 1 N–H and O–H groups in total. The smallest absolute Gasteiger partial charge is 0.162 e. The summed E-state index contributed by atoms with van der Waals surface area (Å²) in [4.78, 5) is 2.36. The van der Waals surface area contributed by atoms with E-state index in [0.717, 1.165) is 49.5 Å². The molecular weight excluding hydrogens is 292 g/mol. The molecule has 0 radical (unpaired) electrons. The number of aliphatic hydroxyl groups excluding tert-OH is 1. The fourth-order valence-electron chi connectivity index (χ4n) is 3.22. The van der Waals surface area contributed by atoms with Crippen molar-refractivity contribution in [2.45, 2.75) is 32.1 Å². The zero-order valence-corrected chi connectivity index (χ0v) is 13.5. The number of benzene rings is 1. The second-order valence-electron chi connectivity index (χ2n) is 6.19. The fraction of sp³-hybridized carbons (Fsp3) is 0.500. The van der Waals surface area contributed by atoms with Gasteiger partial charge in [0.25, 0.3) is 0 Å². The van der Waals surface area contributed by atoms with Crippen molar-refractivity contribution in [3.63, 3.8) is 0 Å². The standard InChI is InChI=1S/C18H24N2O3/c1-22-13-17-11-16(19-23-17)12-20-9-7-15(8-10-20)18(21)14-5-3-2-4-6-14/h2-6,11,15,18,21H,7-10,12-13H2,1H3. The van der Waals surface area contributed by atoms with Crippen LogP contribution in [-0.2, 0) is 17.9 Å². The quantitative estimate of drug-likeness (QED) is 0.888. The normalized spacial score (nSPS) is 18.2. The summed E-state index contributed by atoms with van der Waals surface area (Å²) < 4.78 is 10.3. The minimum atomic E-state index is -0.362. The van der Waals surface area contributed by atoms with E-state index < -0.39 is 0 Å². The van der Waals surface area contributed by atoms with Gasteiger partial charge < -0.3 is 14.4 Å². The van der Waals surface area contributed by atoms with Crippen LogP contribution in [0.3, 0.4) is 0 Å². The van der Waals surface area contributed by atoms with Gasteiger partial charge in [-0.15, -0.1) is 0 Å². The molecular formula is C18H24N2O3. The number of aliphatic hydroxyl groups is 1. The van der Waals surface area contributed by atoms with E-state index in [1.165, 1.54) is 0 Å². The third-order valence-corrected chi connectivity index (χ3v) is 4.50. The van der Waals surface area contributed by atoms with Gasteiger partial charge in [-0.25, -0.2) is 0 Å². The van der Waals surface area contributed by atoms with Crippen molar-refractivity contribution >= 4 is 0 Å². The summed E-state index contributed by atoms with van der Waals surface area (Å²) in [6, 6.07) is 11.9. The number of likely N-dealkylation sites (tertiary alicyclic amines) is 1. The van der Waals surface area contributed by atoms with E-state index in [1.807, 2.05) is 36.4 Å². The molecule has 1 saturated heterocycles. The Balaban J connectivity index is 1.50. The van der Waals surface area contributed by atoms with Crippen LogP contribution in [0, 0.1) is 5.92 Å². The van der Waals surface area contributed by atoms with Gasteiger partial charge in [-0.2, -0.15) is 0 Å². The minimum absolute atomic E-state index is 0.329. The van der Waals surface area contributed by atoms with Crippen LogP contribution in [0.4, 0.5) is 0 Å². The monoisotopic (exact) mass is 316 g/mol. The third-order valence-electron chi connectivity index (χ3n) is 4.50. The first kappa shape index (κ1) is 16.2. The lowest BCUT2D eigenvalue weighted by Crippen LogP contribution is -2.35. The van der Waals surface area contributed by atoms with Crippen LogP contribution in [0.2, 0.25) is 0 Å². The molecule has 0 spiro atoms. The minimum Gasteiger partial charge on any atom is -0.388 e. The third kappa shape index (κ3) is 4.19. The van der Waals surface area contributed by atoms with Crippen LogP contribution in [0.1, 0.15) is 36.0 Å². The first-order chi connectivity index (χ1) is 11.3. The highest BCUT2D eigenvalue weighted by Gasteiger charge is 2.26. The van der Waals surface area contributed by atoms with Gasteiger partial charge in [0, 0.05) is 19.7 Å². The Labute approximate surface area is 136 Å². The molecule has 3 rings (SSSR count). The number of piperidine rings is 1. The van der Waals surface area contributed by atoms with Crippen molar-refractivity contribution in [1.29, 1.82) is 0 Å². The van der Waals surface area contributed by atoms with E-state index >= 15 is 0 Å². The molecule has 0 bridgehead atoms. The summed E-state index contributed by atoms with van der Waals surface area (Å²) in [5.74, 6) is 1.09. The number of hydrogen-bond donors (Lipinski definition) is 1.